The molecule has 0 aliphatic carbocycles. The maximum Gasteiger partial charge on any atom is 0.129 e. The van der Waals surface area contributed by atoms with Crippen molar-refractivity contribution < 1.29 is 9.84 Å². The number of rotatable bonds is 5. The van der Waals surface area contributed by atoms with Gasteiger partial charge in [0.05, 0.1) is 12.3 Å². The predicted molar refractivity (Wildman–Crippen MR) is 56.2 cm³/mol. The molecule has 0 spiro atoms. The topological polar surface area (TPSA) is 68.4 Å². The summed E-state index contributed by atoms with van der Waals surface area (Å²) in [5.41, 5.74) is 6.43. The molecule has 0 aliphatic heterocycles. The summed E-state index contributed by atoms with van der Waals surface area (Å²) >= 11 is 1.45. The highest BCUT2D eigenvalue weighted by atomic mass is 32.1. The average Bonchev–Trinajstić information content (AvgIpc) is 2.56. The highest BCUT2D eigenvalue weighted by molar-refractivity contribution is 7.11. The summed E-state index contributed by atoms with van der Waals surface area (Å²) in [7, 11) is 0. The van der Waals surface area contributed by atoms with Gasteiger partial charge in [0.25, 0.3) is 0 Å². The molecule has 5 heteroatoms. The molecule has 1 atom stereocenters. The first-order chi connectivity index (χ1) is 6.69. The lowest BCUT2D eigenvalue weighted by atomic mass is 10.4. The van der Waals surface area contributed by atoms with Crippen molar-refractivity contribution in [3.63, 3.8) is 0 Å². The minimum absolute atomic E-state index is 0.299. The molecule has 0 fully saturated rings. The van der Waals surface area contributed by atoms with Crippen LogP contribution < -0.4 is 5.73 Å². The van der Waals surface area contributed by atoms with Crippen LogP contribution in [0.4, 0.5) is 0 Å². The van der Waals surface area contributed by atoms with Gasteiger partial charge < -0.3 is 15.6 Å². The number of nitrogens with zero attached hydrogens (tertiary/aromatic N) is 1. The predicted octanol–water partition coefficient (Wildman–Crippen LogP) is 0.980. The molecule has 1 aromatic heterocycles. The first-order valence-electron chi connectivity index (χ1n) is 4.61. The standard InChI is InChI=1S/C9H16N2O2S/c1-3-13-5-7(12)9-11-6(2)8(4-10)14-9/h7,12H,3-5,10H2,1-2H3. The number of aliphatic hydroxyl groups excluding tert-OH is 1. The first kappa shape index (κ1) is 11.6. The quantitative estimate of drug-likeness (QED) is 0.770. The lowest BCUT2D eigenvalue weighted by Crippen LogP contribution is -2.06. The van der Waals surface area contributed by atoms with Crippen LogP contribution in [0.3, 0.4) is 0 Å². The van der Waals surface area contributed by atoms with E-state index in [0.29, 0.717) is 24.8 Å². The van der Waals surface area contributed by atoms with Crippen LogP contribution in [0.25, 0.3) is 0 Å². The smallest absolute Gasteiger partial charge is 0.129 e. The Bertz CT molecular complexity index is 288. The Kier molecular flexibility index (Phi) is 4.47. The fraction of sp³-hybridized carbons (Fsp3) is 0.667. The SMILES string of the molecule is CCOCC(O)c1nc(C)c(CN)s1. The fourth-order valence-corrected chi connectivity index (χ4v) is 2.00. The van der Waals surface area contributed by atoms with Crippen molar-refractivity contribution in [2.45, 2.75) is 26.5 Å². The van der Waals surface area contributed by atoms with E-state index in [2.05, 4.69) is 4.98 Å². The van der Waals surface area contributed by atoms with E-state index in [0.717, 1.165) is 10.6 Å². The van der Waals surface area contributed by atoms with Gasteiger partial charge in [-0.05, 0) is 13.8 Å². The van der Waals surface area contributed by atoms with Crippen molar-refractivity contribution in [2.24, 2.45) is 5.73 Å². The Hall–Kier alpha value is -0.490. The molecule has 1 heterocycles. The van der Waals surface area contributed by atoms with Crippen LogP contribution >= 0.6 is 11.3 Å². The third-order valence-electron chi connectivity index (χ3n) is 1.86. The highest BCUT2D eigenvalue weighted by Crippen LogP contribution is 2.23. The van der Waals surface area contributed by atoms with E-state index in [-0.39, 0.29) is 0 Å². The number of hydrogen-bond acceptors (Lipinski definition) is 5. The van der Waals surface area contributed by atoms with E-state index >= 15 is 0 Å². The number of aromatic nitrogens is 1. The van der Waals surface area contributed by atoms with Gasteiger partial charge in [0.15, 0.2) is 0 Å². The van der Waals surface area contributed by atoms with Crippen molar-refractivity contribution >= 4 is 11.3 Å². The number of ether oxygens (including phenoxy) is 1. The molecule has 80 valence electrons. The monoisotopic (exact) mass is 216 g/mol. The zero-order valence-corrected chi connectivity index (χ0v) is 9.30. The van der Waals surface area contributed by atoms with E-state index in [1.54, 1.807) is 0 Å². The van der Waals surface area contributed by atoms with Gasteiger partial charge >= 0.3 is 0 Å². The normalized spacial score (nSPS) is 13.1. The van der Waals surface area contributed by atoms with Crippen molar-refractivity contribution in [1.82, 2.24) is 4.98 Å². The number of aliphatic hydroxyl groups is 1. The van der Waals surface area contributed by atoms with Gasteiger partial charge in [-0.25, -0.2) is 4.98 Å². The second kappa shape index (κ2) is 5.41. The second-order valence-corrected chi connectivity index (χ2v) is 4.06. The molecule has 0 saturated heterocycles. The largest absolute Gasteiger partial charge is 0.383 e. The summed E-state index contributed by atoms with van der Waals surface area (Å²) in [5.74, 6) is 0. The summed E-state index contributed by atoms with van der Waals surface area (Å²) in [6, 6.07) is 0. The van der Waals surface area contributed by atoms with Crippen molar-refractivity contribution in [1.29, 1.82) is 0 Å². The lowest BCUT2D eigenvalue weighted by molar-refractivity contribution is 0.0418. The van der Waals surface area contributed by atoms with Gasteiger partial charge in [-0.2, -0.15) is 0 Å². The minimum atomic E-state index is -0.626. The van der Waals surface area contributed by atoms with Crippen molar-refractivity contribution in [2.75, 3.05) is 13.2 Å². The Morgan fingerprint density at radius 2 is 2.36 bits per heavy atom. The molecular weight excluding hydrogens is 200 g/mol. The van der Waals surface area contributed by atoms with Crippen molar-refractivity contribution in [3.8, 4) is 0 Å². The third kappa shape index (κ3) is 2.75. The minimum Gasteiger partial charge on any atom is -0.383 e. The average molecular weight is 216 g/mol. The lowest BCUT2D eigenvalue weighted by Gasteiger charge is -2.06. The Balaban J connectivity index is 2.65. The Morgan fingerprint density at radius 3 is 2.86 bits per heavy atom. The Labute approximate surface area is 87.7 Å². The zero-order valence-electron chi connectivity index (χ0n) is 8.49. The summed E-state index contributed by atoms with van der Waals surface area (Å²) in [4.78, 5) is 5.27. The molecular formula is C9H16N2O2S. The van der Waals surface area contributed by atoms with Crippen LogP contribution in [0.1, 0.15) is 28.6 Å². The van der Waals surface area contributed by atoms with E-state index < -0.39 is 6.10 Å². The van der Waals surface area contributed by atoms with Crippen LogP contribution in [0.15, 0.2) is 0 Å². The number of hydrogen-bond donors (Lipinski definition) is 2. The van der Waals surface area contributed by atoms with Gasteiger partial charge in [0.2, 0.25) is 0 Å². The molecule has 0 radical (unpaired) electrons. The van der Waals surface area contributed by atoms with Gasteiger partial charge in [-0.3, -0.25) is 0 Å². The van der Waals surface area contributed by atoms with Crippen LogP contribution in [0, 0.1) is 6.92 Å². The van der Waals surface area contributed by atoms with E-state index in [1.165, 1.54) is 11.3 Å². The summed E-state index contributed by atoms with van der Waals surface area (Å²) in [6.45, 7) is 5.17. The molecule has 0 aromatic carbocycles. The molecule has 4 nitrogen and oxygen atoms in total. The molecule has 14 heavy (non-hydrogen) atoms. The summed E-state index contributed by atoms with van der Waals surface area (Å²) < 4.78 is 5.12. The van der Waals surface area contributed by atoms with Gasteiger partial charge in [-0.15, -0.1) is 11.3 Å². The van der Waals surface area contributed by atoms with Crippen LogP contribution in [0.5, 0.6) is 0 Å². The van der Waals surface area contributed by atoms with E-state index in [9.17, 15) is 5.11 Å². The fourth-order valence-electron chi connectivity index (χ4n) is 1.08. The molecule has 1 unspecified atom stereocenters. The van der Waals surface area contributed by atoms with Crippen LogP contribution in [0.2, 0.25) is 0 Å². The molecule has 3 N–H and O–H groups in total. The molecule has 0 saturated carbocycles. The Morgan fingerprint density at radius 1 is 1.64 bits per heavy atom. The second-order valence-electron chi connectivity index (χ2n) is 2.94. The molecule has 0 aliphatic rings. The maximum atomic E-state index is 9.67. The van der Waals surface area contributed by atoms with Gasteiger partial charge in [-0.1, -0.05) is 0 Å². The maximum absolute atomic E-state index is 9.67. The summed E-state index contributed by atoms with van der Waals surface area (Å²) in [5, 5.41) is 10.4. The number of nitrogens with two attached hydrogens (primary N) is 1. The summed E-state index contributed by atoms with van der Waals surface area (Å²) in [6.07, 6.45) is -0.626. The molecule has 1 rings (SSSR count). The van der Waals surface area contributed by atoms with Gasteiger partial charge in [0, 0.05) is 18.0 Å². The third-order valence-corrected chi connectivity index (χ3v) is 3.14. The van der Waals surface area contributed by atoms with E-state index in [4.69, 9.17) is 10.5 Å². The van der Waals surface area contributed by atoms with Crippen molar-refractivity contribution in [3.05, 3.63) is 15.6 Å². The number of aryl methyl sites for hydroxylation is 1. The number of thiazole rings is 1. The van der Waals surface area contributed by atoms with E-state index in [1.807, 2.05) is 13.8 Å². The molecule has 0 amide bonds. The molecule has 0 bridgehead atoms. The highest BCUT2D eigenvalue weighted by Gasteiger charge is 2.14. The van der Waals surface area contributed by atoms with Crippen LogP contribution in [-0.2, 0) is 11.3 Å². The zero-order chi connectivity index (χ0) is 10.6. The van der Waals surface area contributed by atoms with Crippen LogP contribution in [-0.4, -0.2) is 23.3 Å². The first-order valence-corrected chi connectivity index (χ1v) is 5.42. The van der Waals surface area contributed by atoms with Gasteiger partial charge in [0.1, 0.15) is 11.1 Å². The molecule has 1 aromatic rings.